The van der Waals surface area contributed by atoms with Gasteiger partial charge in [0.1, 0.15) is 6.61 Å². The van der Waals surface area contributed by atoms with Gasteiger partial charge in [0.05, 0.1) is 5.92 Å². The summed E-state index contributed by atoms with van der Waals surface area (Å²) in [5.74, 6) is -0.736. The summed E-state index contributed by atoms with van der Waals surface area (Å²) in [6, 6.07) is 17.2. The van der Waals surface area contributed by atoms with Crippen LogP contribution in [0.15, 0.2) is 54.6 Å². The molecule has 2 aromatic rings. The smallest absolute Gasteiger partial charge is 0.414 e. The summed E-state index contributed by atoms with van der Waals surface area (Å²) in [7, 11) is 0. The summed E-state index contributed by atoms with van der Waals surface area (Å²) >= 11 is 2.23. The van der Waals surface area contributed by atoms with Crippen molar-refractivity contribution in [2.45, 2.75) is 13.5 Å². The van der Waals surface area contributed by atoms with Crippen LogP contribution < -0.4 is 10.6 Å². The molecule has 0 unspecified atom stereocenters. The van der Waals surface area contributed by atoms with Gasteiger partial charge < -0.3 is 10.1 Å². The van der Waals surface area contributed by atoms with Crippen molar-refractivity contribution < 1.29 is 14.3 Å². The molecule has 2 N–H and O–H groups in total. The van der Waals surface area contributed by atoms with Crippen molar-refractivity contribution in [2.75, 3.05) is 11.9 Å². The van der Waals surface area contributed by atoms with Crippen LogP contribution in [0.2, 0.25) is 0 Å². The van der Waals surface area contributed by atoms with Gasteiger partial charge in [-0.25, -0.2) is 4.79 Å². The van der Waals surface area contributed by atoms with Crippen LogP contribution in [0.1, 0.15) is 12.5 Å². The number of hydrogen-bond acceptors (Lipinski definition) is 4. The first kappa shape index (κ1) is 18.3. The predicted octanol–water partition coefficient (Wildman–Crippen LogP) is 3.79. The molecule has 0 heterocycles. The van der Waals surface area contributed by atoms with Crippen LogP contribution in [0.4, 0.5) is 10.5 Å². The second-order valence-electron chi connectivity index (χ2n) is 5.34. The number of carbonyl (C=O) groups is 2. The molecule has 0 saturated heterocycles. The fourth-order valence-electron chi connectivity index (χ4n) is 1.91. The minimum Gasteiger partial charge on any atom is -0.444 e. The monoisotopic (exact) mass is 438 g/mol. The number of anilines is 1. The Morgan fingerprint density at radius 3 is 2.42 bits per heavy atom. The van der Waals surface area contributed by atoms with Gasteiger partial charge in [-0.2, -0.15) is 0 Å². The van der Waals surface area contributed by atoms with Gasteiger partial charge in [0.15, 0.2) is 0 Å². The fourth-order valence-corrected chi connectivity index (χ4v) is 2.27. The van der Waals surface area contributed by atoms with Crippen molar-refractivity contribution in [1.29, 1.82) is 0 Å². The second-order valence-corrected chi connectivity index (χ2v) is 6.59. The third-order valence-electron chi connectivity index (χ3n) is 3.34. The third kappa shape index (κ3) is 6.19. The first-order valence-corrected chi connectivity index (χ1v) is 8.63. The highest BCUT2D eigenvalue weighted by atomic mass is 127. The van der Waals surface area contributed by atoms with Crippen molar-refractivity contribution in [3.63, 3.8) is 0 Å². The van der Waals surface area contributed by atoms with E-state index < -0.39 is 6.09 Å². The lowest BCUT2D eigenvalue weighted by atomic mass is 10.1. The molecule has 0 spiro atoms. The van der Waals surface area contributed by atoms with E-state index in [9.17, 15) is 9.59 Å². The molecule has 6 heteroatoms. The Hall–Kier alpha value is -2.09. The number of hydrogen-bond donors (Lipinski definition) is 2. The molecule has 0 radical (unpaired) electrons. The van der Waals surface area contributed by atoms with E-state index in [0.717, 1.165) is 14.8 Å². The normalized spacial score (nSPS) is 11.4. The van der Waals surface area contributed by atoms with Crippen LogP contribution in [-0.4, -0.2) is 18.5 Å². The highest BCUT2D eigenvalue weighted by Gasteiger charge is 2.16. The van der Waals surface area contributed by atoms with Crippen LogP contribution in [0.3, 0.4) is 0 Å². The highest BCUT2D eigenvalue weighted by molar-refractivity contribution is 14.1. The molecular formula is C18H19IN2O3. The minimum atomic E-state index is -0.732. The number of rotatable bonds is 6. The van der Waals surface area contributed by atoms with E-state index in [1.165, 1.54) is 0 Å². The van der Waals surface area contributed by atoms with Gasteiger partial charge >= 0.3 is 6.09 Å². The SMILES string of the molecule is C[C@H](CNc1ccc(I)cc1)C(=O)NC(=O)OCc1ccccc1. The Morgan fingerprint density at radius 1 is 1.08 bits per heavy atom. The summed E-state index contributed by atoms with van der Waals surface area (Å²) in [4.78, 5) is 23.7. The summed E-state index contributed by atoms with van der Waals surface area (Å²) < 4.78 is 6.18. The van der Waals surface area contributed by atoms with E-state index in [2.05, 4.69) is 33.2 Å². The molecule has 2 aromatic carbocycles. The Kier molecular flexibility index (Phi) is 7.05. The number of imide groups is 1. The first-order chi connectivity index (χ1) is 11.5. The zero-order valence-corrected chi connectivity index (χ0v) is 15.4. The number of alkyl carbamates (subject to hydrolysis) is 1. The van der Waals surface area contributed by atoms with E-state index in [1.54, 1.807) is 6.92 Å². The van der Waals surface area contributed by atoms with E-state index in [0.29, 0.717) is 6.54 Å². The van der Waals surface area contributed by atoms with Gasteiger partial charge in [-0.3, -0.25) is 10.1 Å². The number of benzene rings is 2. The van der Waals surface area contributed by atoms with Gasteiger partial charge in [0, 0.05) is 15.8 Å². The number of ether oxygens (including phenoxy) is 1. The Balaban J connectivity index is 1.72. The molecule has 0 aliphatic carbocycles. The molecule has 0 aromatic heterocycles. The average molecular weight is 438 g/mol. The van der Waals surface area contributed by atoms with E-state index in [-0.39, 0.29) is 18.4 Å². The molecule has 1 atom stereocenters. The van der Waals surface area contributed by atoms with Crippen molar-refractivity contribution in [3.05, 3.63) is 63.7 Å². The lowest BCUT2D eigenvalue weighted by Crippen LogP contribution is -2.37. The van der Waals surface area contributed by atoms with Gasteiger partial charge in [-0.05, 0) is 52.4 Å². The Labute approximate surface area is 154 Å². The summed E-state index contributed by atoms with van der Waals surface area (Å²) in [6.45, 7) is 2.31. The van der Waals surface area contributed by atoms with Crippen LogP contribution in [0.25, 0.3) is 0 Å². The Bertz CT molecular complexity index is 674. The van der Waals surface area contributed by atoms with Gasteiger partial charge in [0.2, 0.25) is 5.91 Å². The van der Waals surface area contributed by atoms with Gasteiger partial charge in [0.25, 0.3) is 0 Å². The second kappa shape index (κ2) is 9.27. The molecule has 2 rings (SSSR count). The van der Waals surface area contributed by atoms with Crippen LogP contribution in [0.5, 0.6) is 0 Å². The molecule has 0 fully saturated rings. The largest absolute Gasteiger partial charge is 0.444 e. The maximum Gasteiger partial charge on any atom is 0.414 e. The van der Waals surface area contributed by atoms with Crippen LogP contribution in [0, 0.1) is 9.49 Å². The van der Waals surface area contributed by atoms with Crippen molar-refractivity contribution >= 4 is 40.3 Å². The lowest BCUT2D eigenvalue weighted by Gasteiger charge is -2.13. The maximum atomic E-state index is 12.0. The minimum absolute atomic E-state index is 0.134. The predicted molar refractivity (Wildman–Crippen MR) is 102 cm³/mol. The zero-order chi connectivity index (χ0) is 17.4. The fraction of sp³-hybridized carbons (Fsp3) is 0.222. The number of carbonyl (C=O) groups excluding carboxylic acids is 2. The number of halogens is 1. The van der Waals surface area contributed by atoms with Crippen molar-refractivity contribution in [1.82, 2.24) is 5.32 Å². The third-order valence-corrected chi connectivity index (χ3v) is 4.06. The van der Waals surface area contributed by atoms with Gasteiger partial charge in [-0.15, -0.1) is 0 Å². The molecular weight excluding hydrogens is 419 g/mol. The molecule has 24 heavy (non-hydrogen) atoms. The average Bonchev–Trinajstić information content (AvgIpc) is 2.60. The maximum absolute atomic E-state index is 12.0. The van der Waals surface area contributed by atoms with E-state index in [4.69, 9.17) is 4.74 Å². The molecule has 0 saturated carbocycles. The quantitative estimate of drug-likeness (QED) is 0.674. The highest BCUT2D eigenvalue weighted by Crippen LogP contribution is 2.11. The van der Waals surface area contributed by atoms with E-state index >= 15 is 0 Å². The summed E-state index contributed by atoms with van der Waals surface area (Å²) in [6.07, 6.45) is -0.732. The van der Waals surface area contributed by atoms with Gasteiger partial charge in [-0.1, -0.05) is 37.3 Å². The number of nitrogens with one attached hydrogen (secondary N) is 2. The zero-order valence-electron chi connectivity index (χ0n) is 13.3. The van der Waals surface area contributed by atoms with Crippen molar-refractivity contribution in [2.24, 2.45) is 5.92 Å². The number of amides is 2. The van der Waals surface area contributed by atoms with Crippen molar-refractivity contribution in [3.8, 4) is 0 Å². The molecule has 126 valence electrons. The van der Waals surface area contributed by atoms with Crippen LogP contribution in [-0.2, 0) is 16.1 Å². The summed E-state index contributed by atoms with van der Waals surface area (Å²) in [5, 5.41) is 5.42. The first-order valence-electron chi connectivity index (χ1n) is 7.55. The molecule has 2 amide bonds. The molecule has 5 nitrogen and oxygen atoms in total. The Morgan fingerprint density at radius 2 is 1.75 bits per heavy atom. The lowest BCUT2D eigenvalue weighted by molar-refractivity contribution is -0.123. The van der Waals surface area contributed by atoms with E-state index in [1.807, 2.05) is 54.6 Å². The molecule has 0 aliphatic heterocycles. The topological polar surface area (TPSA) is 67.4 Å². The molecule has 0 aliphatic rings. The standard InChI is InChI=1S/C18H19IN2O3/c1-13(11-20-16-9-7-15(19)8-10-16)17(22)21-18(23)24-12-14-5-3-2-4-6-14/h2-10,13,20H,11-12H2,1H3,(H,21,22,23)/t13-/m1/s1. The summed E-state index contributed by atoms with van der Waals surface area (Å²) in [5.41, 5.74) is 1.80. The molecule has 0 bridgehead atoms. The van der Waals surface area contributed by atoms with Crippen LogP contribution >= 0.6 is 22.6 Å².